The third kappa shape index (κ3) is 10.0. The maximum atomic E-state index is 14.0. The van der Waals surface area contributed by atoms with Crippen molar-refractivity contribution in [2.75, 3.05) is 40.0 Å². The van der Waals surface area contributed by atoms with E-state index < -0.39 is 11.5 Å². The Labute approximate surface area is 336 Å². The molecule has 2 aromatic carbocycles. The number of methoxy groups -OCH3 is 1. The van der Waals surface area contributed by atoms with Gasteiger partial charge in [-0.1, -0.05) is 32.9 Å². The number of hydrazine groups is 1. The molecule has 2 atom stereocenters. The lowest BCUT2D eigenvalue weighted by Gasteiger charge is -2.33. The molecule has 2 aromatic heterocycles. The SMILES string of the molecule is CCn1c(-c2cnccc2COC)c(CC(C)(C)COC(C)=O)c2cc(-c3cc(O)cc(C[C@H](NC(=O)C(C)C4CCOCC4)C(=O)N4CCCCN4)c3)ccc21. The fraction of sp³-hybridized carbons (Fsp3) is 0.511. The van der Waals surface area contributed by atoms with Gasteiger partial charge in [-0.2, -0.15) is 0 Å². The summed E-state index contributed by atoms with van der Waals surface area (Å²) in [6.45, 7) is 13.6. The molecule has 1 unspecified atom stereocenters. The molecule has 306 valence electrons. The molecule has 2 amide bonds. The molecule has 57 heavy (non-hydrogen) atoms. The number of carbonyl (C=O) groups excluding carboxylic acids is 3. The molecule has 4 aromatic rings. The Morgan fingerprint density at radius 2 is 1.88 bits per heavy atom. The van der Waals surface area contributed by atoms with E-state index in [4.69, 9.17) is 14.2 Å². The van der Waals surface area contributed by atoms with E-state index in [0.717, 1.165) is 75.7 Å². The van der Waals surface area contributed by atoms with E-state index in [1.165, 1.54) is 6.92 Å². The first-order chi connectivity index (χ1) is 27.4. The zero-order valence-electron chi connectivity index (χ0n) is 34.4. The number of ether oxygens (including phenoxy) is 3. The molecule has 4 heterocycles. The maximum Gasteiger partial charge on any atom is 0.302 e. The number of amides is 2. The van der Waals surface area contributed by atoms with E-state index >= 15 is 0 Å². The number of esters is 1. The zero-order valence-corrected chi connectivity index (χ0v) is 34.4. The van der Waals surface area contributed by atoms with Crippen LogP contribution in [0.15, 0.2) is 54.9 Å². The van der Waals surface area contributed by atoms with Crippen LogP contribution in [0.25, 0.3) is 33.3 Å². The molecular formula is C45H59N5O7. The molecule has 0 aliphatic carbocycles. The fourth-order valence-electron chi connectivity index (χ4n) is 8.35. The highest BCUT2D eigenvalue weighted by molar-refractivity contribution is 5.95. The third-order valence-corrected chi connectivity index (χ3v) is 11.4. The van der Waals surface area contributed by atoms with E-state index in [2.05, 4.69) is 59.3 Å². The second kappa shape index (κ2) is 18.7. The Balaban J connectivity index is 1.40. The first kappa shape index (κ1) is 41.8. The summed E-state index contributed by atoms with van der Waals surface area (Å²) < 4.78 is 19.0. The van der Waals surface area contributed by atoms with Crippen molar-refractivity contribution in [3.8, 4) is 28.1 Å². The molecule has 0 radical (unpaired) electrons. The Morgan fingerprint density at radius 3 is 2.58 bits per heavy atom. The molecule has 6 rings (SSSR count). The van der Waals surface area contributed by atoms with Gasteiger partial charge in [-0.25, -0.2) is 5.43 Å². The Morgan fingerprint density at radius 1 is 1.09 bits per heavy atom. The van der Waals surface area contributed by atoms with Gasteiger partial charge in [0, 0.05) is 93.5 Å². The van der Waals surface area contributed by atoms with Crippen molar-refractivity contribution in [1.82, 2.24) is 25.3 Å². The van der Waals surface area contributed by atoms with Gasteiger partial charge >= 0.3 is 5.97 Å². The summed E-state index contributed by atoms with van der Waals surface area (Å²) in [6, 6.07) is 12.9. The van der Waals surface area contributed by atoms with Crippen molar-refractivity contribution in [2.24, 2.45) is 17.3 Å². The van der Waals surface area contributed by atoms with Crippen LogP contribution in [0, 0.1) is 17.3 Å². The first-order valence-corrected chi connectivity index (χ1v) is 20.4. The number of phenols is 1. The van der Waals surface area contributed by atoms with Gasteiger partial charge in [0.1, 0.15) is 11.8 Å². The highest BCUT2D eigenvalue weighted by Crippen LogP contribution is 2.41. The minimum atomic E-state index is -0.824. The number of carbonyl (C=O) groups is 3. The number of nitrogens with zero attached hydrogens (tertiary/aromatic N) is 3. The lowest BCUT2D eigenvalue weighted by molar-refractivity contribution is -0.144. The average Bonchev–Trinajstić information content (AvgIpc) is 3.51. The molecule has 0 spiro atoms. The van der Waals surface area contributed by atoms with Crippen LogP contribution >= 0.6 is 0 Å². The number of rotatable bonds is 15. The van der Waals surface area contributed by atoms with Crippen LogP contribution in [0.3, 0.4) is 0 Å². The zero-order chi connectivity index (χ0) is 40.7. The summed E-state index contributed by atoms with van der Waals surface area (Å²) in [7, 11) is 1.68. The van der Waals surface area contributed by atoms with Gasteiger partial charge < -0.3 is 29.2 Å². The summed E-state index contributed by atoms with van der Waals surface area (Å²) in [5.41, 5.74) is 10.4. The largest absolute Gasteiger partial charge is 0.508 e. The summed E-state index contributed by atoms with van der Waals surface area (Å²) in [4.78, 5) is 44.1. The number of benzene rings is 2. The Hall–Kier alpha value is -4.78. The number of phenolic OH excluding ortho intramolecular Hbond substituents is 1. The number of nitrogens with one attached hydrogen (secondary N) is 2. The van der Waals surface area contributed by atoms with Crippen molar-refractivity contribution in [3.05, 3.63) is 71.5 Å². The molecule has 2 saturated heterocycles. The van der Waals surface area contributed by atoms with Crippen LogP contribution in [-0.4, -0.2) is 83.5 Å². The van der Waals surface area contributed by atoms with E-state index in [1.807, 2.05) is 25.3 Å². The summed E-state index contributed by atoms with van der Waals surface area (Å²) in [6.07, 6.45) is 7.97. The number of aromatic hydroxyl groups is 1. The summed E-state index contributed by atoms with van der Waals surface area (Å²) in [5.74, 6) is -0.663. The van der Waals surface area contributed by atoms with Crippen LogP contribution in [0.5, 0.6) is 5.75 Å². The standard InChI is InChI=1S/C45H59N5O7/c1-7-49-41-11-10-33(24-37(41)38(25-45(4,5)28-57-30(3)51)42(49)39-26-46-16-12-34(39)27-55-6)35-20-31(21-36(52)23-35)22-40(44(54)50-17-9-8-15-47-50)48-43(53)29(2)32-13-18-56-19-14-32/h10-12,16,20-21,23-24,26,29,32,40,47,52H,7-9,13-15,17-19,22,25,27-28H2,1-6H3,(H,48,53)/t29?,40-/m0/s1. The van der Waals surface area contributed by atoms with Crippen molar-refractivity contribution < 1.29 is 33.7 Å². The number of pyridine rings is 1. The first-order valence-electron chi connectivity index (χ1n) is 20.4. The second-order valence-corrected chi connectivity index (χ2v) is 16.4. The number of fused-ring (bicyclic) bond motifs is 1. The topological polar surface area (TPSA) is 144 Å². The molecule has 12 nitrogen and oxygen atoms in total. The normalized spacial score (nSPS) is 16.4. The van der Waals surface area contributed by atoms with Crippen LogP contribution in [0.2, 0.25) is 0 Å². The van der Waals surface area contributed by atoms with E-state index in [1.54, 1.807) is 30.4 Å². The molecule has 0 saturated carbocycles. The maximum absolute atomic E-state index is 14.0. The van der Waals surface area contributed by atoms with Crippen LogP contribution in [0.1, 0.15) is 77.0 Å². The molecule has 2 aliphatic rings. The van der Waals surface area contributed by atoms with Gasteiger partial charge in [0.15, 0.2) is 0 Å². The van der Waals surface area contributed by atoms with Gasteiger partial charge in [0.2, 0.25) is 5.91 Å². The molecular weight excluding hydrogens is 723 g/mol. The van der Waals surface area contributed by atoms with Gasteiger partial charge in [-0.05, 0) is 103 Å². The van der Waals surface area contributed by atoms with E-state index in [0.29, 0.717) is 45.9 Å². The second-order valence-electron chi connectivity index (χ2n) is 16.4. The highest BCUT2D eigenvalue weighted by atomic mass is 16.5. The lowest BCUT2D eigenvalue weighted by Crippen LogP contribution is -2.56. The highest BCUT2D eigenvalue weighted by Gasteiger charge is 2.33. The predicted molar refractivity (Wildman–Crippen MR) is 220 cm³/mol. The third-order valence-electron chi connectivity index (χ3n) is 11.4. The monoisotopic (exact) mass is 781 g/mol. The summed E-state index contributed by atoms with van der Waals surface area (Å²) in [5, 5.41) is 16.9. The molecule has 3 N–H and O–H groups in total. The van der Waals surface area contributed by atoms with Gasteiger partial charge in [0.05, 0.1) is 18.9 Å². The van der Waals surface area contributed by atoms with E-state index in [9.17, 15) is 19.5 Å². The molecule has 0 bridgehead atoms. The van der Waals surface area contributed by atoms with E-state index in [-0.39, 0.29) is 48.4 Å². The van der Waals surface area contributed by atoms with Crippen LogP contribution in [0.4, 0.5) is 0 Å². The minimum Gasteiger partial charge on any atom is -0.508 e. The number of aromatic nitrogens is 2. The molecule has 2 fully saturated rings. The fourth-order valence-corrected chi connectivity index (χ4v) is 8.35. The number of hydrogen-bond donors (Lipinski definition) is 3. The van der Waals surface area contributed by atoms with Crippen molar-refractivity contribution in [3.63, 3.8) is 0 Å². The Bertz CT molecular complexity index is 2050. The van der Waals surface area contributed by atoms with Crippen molar-refractivity contribution in [2.45, 2.75) is 92.3 Å². The molecule has 2 aliphatic heterocycles. The number of hydrogen-bond acceptors (Lipinski definition) is 9. The quantitative estimate of drug-likeness (QED) is 0.114. The number of aryl methyl sites for hydroxylation is 1. The van der Waals surface area contributed by atoms with Crippen molar-refractivity contribution >= 4 is 28.7 Å². The lowest BCUT2D eigenvalue weighted by atomic mass is 9.84. The van der Waals surface area contributed by atoms with Crippen LogP contribution in [-0.2, 0) is 54.6 Å². The van der Waals surface area contributed by atoms with Crippen LogP contribution < -0.4 is 10.7 Å². The van der Waals surface area contributed by atoms with Crippen molar-refractivity contribution in [1.29, 1.82) is 0 Å². The predicted octanol–water partition coefficient (Wildman–Crippen LogP) is 6.59. The minimum absolute atomic E-state index is 0.0703. The molecule has 12 heteroatoms. The Kier molecular flexibility index (Phi) is 13.7. The summed E-state index contributed by atoms with van der Waals surface area (Å²) >= 11 is 0. The van der Waals surface area contributed by atoms with Gasteiger partial charge in [-0.3, -0.25) is 24.4 Å². The van der Waals surface area contributed by atoms with Gasteiger partial charge in [-0.15, -0.1) is 0 Å². The average molecular weight is 782 g/mol. The van der Waals surface area contributed by atoms with Gasteiger partial charge in [0.25, 0.3) is 5.91 Å². The smallest absolute Gasteiger partial charge is 0.302 e.